The molecule has 1 aromatic heterocycles. The number of amides is 1. The zero-order chi connectivity index (χ0) is 20.5. The van der Waals surface area contributed by atoms with Crippen LogP contribution in [0.1, 0.15) is 63.4 Å². The SMILES string of the molecule is CCN(CC)C(CNC(=O)CCc1nc(C(C)C)no1)c1cccc(OC)c1. The van der Waals surface area contributed by atoms with E-state index in [1.165, 1.54) is 0 Å². The summed E-state index contributed by atoms with van der Waals surface area (Å²) in [5, 5.41) is 6.99. The zero-order valence-corrected chi connectivity index (χ0v) is 17.6. The number of nitrogens with zero attached hydrogens (tertiary/aromatic N) is 3. The third-order valence-corrected chi connectivity index (χ3v) is 4.79. The minimum absolute atomic E-state index is 0.0238. The Kier molecular flexibility index (Phi) is 8.44. The number of benzene rings is 1. The summed E-state index contributed by atoms with van der Waals surface area (Å²) in [5.74, 6) is 2.19. The molecule has 154 valence electrons. The summed E-state index contributed by atoms with van der Waals surface area (Å²) in [6.45, 7) is 10.6. The van der Waals surface area contributed by atoms with E-state index in [0.717, 1.165) is 24.4 Å². The number of carbonyl (C=O) groups excluding carboxylic acids is 1. The van der Waals surface area contributed by atoms with E-state index in [-0.39, 0.29) is 17.9 Å². The lowest BCUT2D eigenvalue weighted by Gasteiger charge is -2.30. The quantitative estimate of drug-likeness (QED) is 0.636. The molecule has 1 aromatic carbocycles. The minimum Gasteiger partial charge on any atom is -0.497 e. The van der Waals surface area contributed by atoms with Gasteiger partial charge in [-0.25, -0.2) is 0 Å². The van der Waals surface area contributed by atoms with Crippen molar-refractivity contribution in [2.24, 2.45) is 0 Å². The van der Waals surface area contributed by atoms with Crippen molar-refractivity contribution in [1.82, 2.24) is 20.4 Å². The average Bonchev–Trinajstić information content (AvgIpc) is 3.19. The first-order valence-corrected chi connectivity index (χ1v) is 9.95. The van der Waals surface area contributed by atoms with Crippen LogP contribution in [0, 0.1) is 0 Å². The Morgan fingerprint density at radius 3 is 2.64 bits per heavy atom. The monoisotopic (exact) mass is 388 g/mol. The normalized spacial score (nSPS) is 12.4. The Morgan fingerprint density at radius 1 is 1.29 bits per heavy atom. The molecule has 0 aliphatic heterocycles. The fraction of sp³-hybridized carbons (Fsp3) is 0.571. The van der Waals surface area contributed by atoms with Gasteiger partial charge in [0.2, 0.25) is 11.8 Å². The van der Waals surface area contributed by atoms with Gasteiger partial charge in [-0.15, -0.1) is 0 Å². The fourth-order valence-electron chi connectivity index (χ4n) is 3.09. The Morgan fingerprint density at radius 2 is 2.04 bits per heavy atom. The summed E-state index contributed by atoms with van der Waals surface area (Å²) < 4.78 is 10.6. The second kappa shape index (κ2) is 10.8. The van der Waals surface area contributed by atoms with Crippen molar-refractivity contribution < 1.29 is 14.1 Å². The van der Waals surface area contributed by atoms with Crippen LogP contribution in [0.5, 0.6) is 5.75 Å². The van der Waals surface area contributed by atoms with Crippen LogP contribution in [0.25, 0.3) is 0 Å². The average molecular weight is 389 g/mol. The van der Waals surface area contributed by atoms with Crippen LogP contribution in [-0.4, -0.2) is 47.7 Å². The summed E-state index contributed by atoms with van der Waals surface area (Å²) in [6.07, 6.45) is 0.767. The molecule has 0 saturated carbocycles. The molecule has 0 saturated heterocycles. The highest BCUT2D eigenvalue weighted by atomic mass is 16.5. The molecule has 0 spiro atoms. The Bertz CT molecular complexity index is 741. The number of hydrogen-bond acceptors (Lipinski definition) is 6. The highest BCUT2D eigenvalue weighted by molar-refractivity contribution is 5.76. The lowest BCUT2D eigenvalue weighted by atomic mass is 10.0. The predicted molar refractivity (Wildman–Crippen MR) is 108 cm³/mol. The number of methoxy groups -OCH3 is 1. The molecular weight excluding hydrogens is 356 g/mol. The van der Waals surface area contributed by atoms with Crippen LogP contribution in [0.3, 0.4) is 0 Å². The van der Waals surface area contributed by atoms with E-state index in [9.17, 15) is 4.79 Å². The molecule has 2 rings (SSSR count). The summed E-state index contributed by atoms with van der Waals surface area (Å²) in [7, 11) is 1.66. The van der Waals surface area contributed by atoms with Crippen molar-refractivity contribution in [2.75, 3.05) is 26.7 Å². The van der Waals surface area contributed by atoms with Gasteiger partial charge in [-0.05, 0) is 30.8 Å². The maximum Gasteiger partial charge on any atom is 0.227 e. The maximum absolute atomic E-state index is 12.4. The van der Waals surface area contributed by atoms with Gasteiger partial charge in [-0.2, -0.15) is 4.98 Å². The first-order valence-electron chi connectivity index (χ1n) is 9.95. The standard InChI is InChI=1S/C21H32N4O3/c1-6-25(7-2)18(16-9-8-10-17(13-16)27-5)14-22-19(26)11-12-20-23-21(15(3)4)24-28-20/h8-10,13,15,18H,6-7,11-12,14H2,1-5H3,(H,22,26). The van der Waals surface area contributed by atoms with Crippen LogP contribution < -0.4 is 10.1 Å². The van der Waals surface area contributed by atoms with E-state index < -0.39 is 0 Å². The number of aromatic nitrogens is 2. The third kappa shape index (κ3) is 6.05. The van der Waals surface area contributed by atoms with Crippen LogP contribution in [0.15, 0.2) is 28.8 Å². The summed E-state index contributed by atoms with van der Waals surface area (Å²) in [5.41, 5.74) is 1.13. The first kappa shape index (κ1) is 21.9. The molecule has 1 unspecified atom stereocenters. The molecule has 0 radical (unpaired) electrons. The molecule has 0 bridgehead atoms. The molecular formula is C21H32N4O3. The Labute approximate surface area is 167 Å². The Balaban J connectivity index is 1.96. The molecule has 1 N–H and O–H groups in total. The van der Waals surface area contributed by atoms with Gasteiger partial charge in [0.25, 0.3) is 0 Å². The smallest absolute Gasteiger partial charge is 0.227 e. The molecule has 1 atom stereocenters. The van der Waals surface area contributed by atoms with Gasteiger partial charge in [-0.3, -0.25) is 9.69 Å². The lowest BCUT2D eigenvalue weighted by Crippen LogP contribution is -2.38. The van der Waals surface area contributed by atoms with Crippen molar-refractivity contribution >= 4 is 5.91 Å². The van der Waals surface area contributed by atoms with Gasteiger partial charge < -0.3 is 14.6 Å². The van der Waals surface area contributed by atoms with Crippen molar-refractivity contribution in [3.8, 4) is 5.75 Å². The number of nitrogens with one attached hydrogen (secondary N) is 1. The number of rotatable bonds is 11. The molecule has 1 heterocycles. The second-order valence-electron chi connectivity index (χ2n) is 7.02. The van der Waals surface area contributed by atoms with E-state index in [1.807, 2.05) is 32.0 Å². The number of ether oxygens (including phenoxy) is 1. The molecule has 1 amide bonds. The van der Waals surface area contributed by atoms with E-state index in [0.29, 0.717) is 31.1 Å². The number of aryl methyl sites for hydroxylation is 1. The number of hydrogen-bond donors (Lipinski definition) is 1. The number of likely N-dealkylation sites (N-methyl/N-ethyl adjacent to an activating group) is 1. The summed E-state index contributed by atoms with van der Waals surface area (Å²) >= 11 is 0. The summed E-state index contributed by atoms with van der Waals surface area (Å²) in [4.78, 5) is 19.0. The second-order valence-corrected chi connectivity index (χ2v) is 7.02. The first-order chi connectivity index (χ1) is 13.5. The van der Waals surface area contributed by atoms with E-state index in [2.05, 4.69) is 40.3 Å². The lowest BCUT2D eigenvalue weighted by molar-refractivity contribution is -0.121. The highest BCUT2D eigenvalue weighted by Crippen LogP contribution is 2.24. The summed E-state index contributed by atoms with van der Waals surface area (Å²) in [6, 6.07) is 8.10. The van der Waals surface area contributed by atoms with Gasteiger partial charge >= 0.3 is 0 Å². The minimum atomic E-state index is -0.0238. The van der Waals surface area contributed by atoms with Crippen LogP contribution in [0.4, 0.5) is 0 Å². The predicted octanol–water partition coefficient (Wildman–Crippen LogP) is 3.33. The largest absolute Gasteiger partial charge is 0.497 e. The third-order valence-electron chi connectivity index (χ3n) is 4.79. The molecule has 7 heteroatoms. The zero-order valence-electron chi connectivity index (χ0n) is 17.6. The van der Waals surface area contributed by atoms with Crippen molar-refractivity contribution in [1.29, 1.82) is 0 Å². The van der Waals surface area contributed by atoms with Gasteiger partial charge in [0.15, 0.2) is 5.82 Å². The van der Waals surface area contributed by atoms with E-state index in [4.69, 9.17) is 9.26 Å². The maximum atomic E-state index is 12.4. The molecule has 0 fully saturated rings. The van der Waals surface area contributed by atoms with E-state index >= 15 is 0 Å². The van der Waals surface area contributed by atoms with Gasteiger partial charge in [0, 0.05) is 25.3 Å². The topological polar surface area (TPSA) is 80.5 Å². The van der Waals surface area contributed by atoms with Crippen LogP contribution in [-0.2, 0) is 11.2 Å². The highest BCUT2D eigenvalue weighted by Gasteiger charge is 2.20. The van der Waals surface area contributed by atoms with Crippen LogP contribution >= 0.6 is 0 Å². The van der Waals surface area contributed by atoms with Gasteiger partial charge in [0.1, 0.15) is 5.75 Å². The van der Waals surface area contributed by atoms with Crippen molar-refractivity contribution in [2.45, 2.75) is 52.5 Å². The molecule has 0 aliphatic rings. The molecule has 7 nitrogen and oxygen atoms in total. The fourth-order valence-corrected chi connectivity index (χ4v) is 3.09. The van der Waals surface area contributed by atoms with Gasteiger partial charge in [0.05, 0.1) is 13.2 Å². The Hall–Kier alpha value is -2.41. The van der Waals surface area contributed by atoms with E-state index in [1.54, 1.807) is 7.11 Å². The van der Waals surface area contributed by atoms with Crippen LogP contribution in [0.2, 0.25) is 0 Å². The van der Waals surface area contributed by atoms with Gasteiger partial charge in [-0.1, -0.05) is 45.0 Å². The number of carbonyl (C=O) groups is 1. The molecule has 2 aromatic rings. The van der Waals surface area contributed by atoms with Crippen molar-refractivity contribution in [3.63, 3.8) is 0 Å². The molecule has 0 aliphatic carbocycles. The molecule has 28 heavy (non-hydrogen) atoms. The van der Waals surface area contributed by atoms with Crippen molar-refractivity contribution in [3.05, 3.63) is 41.5 Å².